The van der Waals surface area contributed by atoms with E-state index in [1.54, 1.807) is 11.3 Å². The molecule has 4 heterocycles. The molecular weight excluding hydrogens is 348 g/mol. The van der Waals surface area contributed by atoms with Gasteiger partial charge < -0.3 is 15.3 Å². The predicted octanol–water partition coefficient (Wildman–Crippen LogP) is 2.99. The van der Waals surface area contributed by atoms with Gasteiger partial charge in [0.2, 0.25) is 5.95 Å². The van der Waals surface area contributed by atoms with Gasteiger partial charge in [0, 0.05) is 24.2 Å². The number of anilines is 3. The molecule has 3 fully saturated rings. The number of aliphatic hydroxyl groups is 1. The van der Waals surface area contributed by atoms with Crippen molar-refractivity contribution >= 4 is 39.1 Å². The lowest BCUT2D eigenvalue weighted by Gasteiger charge is -2.30. The van der Waals surface area contributed by atoms with Crippen LogP contribution in [0.15, 0.2) is 17.5 Å². The molecule has 134 valence electrons. The Morgan fingerprint density at radius 3 is 3.00 bits per heavy atom. The highest BCUT2D eigenvalue weighted by molar-refractivity contribution is 7.16. The van der Waals surface area contributed by atoms with Crippen molar-refractivity contribution in [3.8, 4) is 0 Å². The fraction of sp³-hybridized carbons (Fsp3) is 0.500. The molecule has 0 aromatic carbocycles. The quantitative estimate of drug-likeness (QED) is 0.656. The second kappa shape index (κ2) is 5.40. The first-order valence-electron chi connectivity index (χ1n) is 9.27. The molecule has 2 saturated carbocycles. The predicted molar refractivity (Wildman–Crippen MR) is 101 cm³/mol. The smallest absolute Gasteiger partial charge is 0.229 e. The number of nitrogens with one attached hydrogen (secondary N) is 2. The molecule has 3 N–H and O–H groups in total. The number of aromatic nitrogens is 4. The monoisotopic (exact) mass is 368 g/mol. The van der Waals surface area contributed by atoms with E-state index in [4.69, 9.17) is 9.97 Å². The minimum Gasteiger partial charge on any atom is -0.391 e. The molecule has 1 saturated heterocycles. The Balaban J connectivity index is 1.37. The molecule has 2 bridgehead atoms. The van der Waals surface area contributed by atoms with Crippen LogP contribution in [-0.2, 0) is 0 Å². The molecule has 3 aromatic rings. The maximum atomic E-state index is 10.3. The number of fused-ring (bicyclic) bond motifs is 3. The largest absolute Gasteiger partial charge is 0.391 e. The topological polar surface area (TPSA) is 90.0 Å². The summed E-state index contributed by atoms with van der Waals surface area (Å²) in [7, 11) is 0. The lowest BCUT2D eigenvalue weighted by atomic mass is 10.1. The van der Waals surface area contributed by atoms with Crippen molar-refractivity contribution in [2.75, 3.05) is 16.8 Å². The maximum absolute atomic E-state index is 10.3. The highest BCUT2D eigenvalue weighted by Crippen LogP contribution is 2.41. The van der Waals surface area contributed by atoms with Crippen LogP contribution in [-0.4, -0.2) is 44.0 Å². The lowest BCUT2D eigenvalue weighted by Crippen LogP contribution is -2.42. The van der Waals surface area contributed by atoms with E-state index in [1.807, 2.05) is 11.4 Å². The average Bonchev–Trinajstić information content (AvgIpc) is 3.03. The van der Waals surface area contributed by atoms with Crippen molar-refractivity contribution < 1.29 is 5.11 Å². The number of H-pyrrole nitrogens is 1. The van der Waals surface area contributed by atoms with Crippen molar-refractivity contribution in [1.29, 1.82) is 0 Å². The van der Waals surface area contributed by atoms with Crippen molar-refractivity contribution in [1.82, 2.24) is 20.2 Å². The summed E-state index contributed by atoms with van der Waals surface area (Å²) in [6, 6.07) is 4.28. The molecule has 1 aliphatic heterocycles. The summed E-state index contributed by atoms with van der Waals surface area (Å²) in [4.78, 5) is 12.7. The molecule has 6 rings (SSSR count). The summed E-state index contributed by atoms with van der Waals surface area (Å²) in [5.41, 5.74) is 1.20. The minimum absolute atomic E-state index is 0.150. The van der Waals surface area contributed by atoms with Crippen LogP contribution < -0.4 is 10.2 Å². The third kappa shape index (κ3) is 2.32. The van der Waals surface area contributed by atoms with E-state index >= 15 is 0 Å². The Labute approximate surface area is 154 Å². The Hall–Kier alpha value is -2.19. The Morgan fingerprint density at radius 2 is 2.19 bits per heavy atom. The normalized spacial score (nSPS) is 27.6. The zero-order valence-corrected chi connectivity index (χ0v) is 15.0. The van der Waals surface area contributed by atoms with Crippen LogP contribution in [0, 0.1) is 5.92 Å². The summed E-state index contributed by atoms with van der Waals surface area (Å²) in [5.74, 6) is 3.50. The second-order valence-corrected chi connectivity index (χ2v) is 8.64. The van der Waals surface area contributed by atoms with Crippen LogP contribution >= 0.6 is 11.3 Å². The van der Waals surface area contributed by atoms with Crippen molar-refractivity contribution in [2.45, 2.75) is 43.7 Å². The van der Waals surface area contributed by atoms with Gasteiger partial charge in [0.05, 0.1) is 17.5 Å². The average molecular weight is 368 g/mol. The SMILES string of the molecule is OC1CC2CC1N(c1nc(Nc3cc(C4CC4)[nH]n3)c3ccsc3n1)C2. The first kappa shape index (κ1) is 14.9. The van der Waals surface area contributed by atoms with E-state index in [9.17, 15) is 5.11 Å². The van der Waals surface area contributed by atoms with Crippen LogP contribution in [0.4, 0.5) is 17.6 Å². The van der Waals surface area contributed by atoms with Gasteiger partial charge in [-0.1, -0.05) is 0 Å². The highest BCUT2D eigenvalue weighted by atomic mass is 32.1. The molecule has 8 heteroatoms. The first-order valence-corrected chi connectivity index (χ1v) is 10.1. The van der Waals surface area contributed by atoms with Gasteiger partial charge in [-0.2, -0.15) is 10.1 Å². The number of hydrogen-bond donors (Lipinski definition) is 3. The number of nitrogens with zero attached hydrogens (tertiary/aromatic N) is 4. The van der Waals surface area contributed by atoms with Crippen LogP contribution in [0.25, 0.3) is 10.2 Å². The minimum atomic E-state index is -0.264. The molecule has 7 nitrogen and oxygen atoms in total. The van der Waals surface area contributed by atoms with Crippen LogP contribution in [0.1, 0.15) is 37.3 Å². The standard InChI is InChI=1S/C18H20N6OS/c25-14-6-9-5-13(14)24(8-9)18-20-16(11-3-4-26-17(11)21-18)19-15-7-12(22-23-15)10-1-2-10/h3-4,7,9-10,13-14,25H,1-2,5-6,8H2,(H2,19,20,21,22,23). The van der Waals surface area contributed by atoms with Gasteiger partial charge in [0.1, 0.15) is 10.6 Å². The molecule has 3 unspecified atom stereocenters. The second-order valence-electron chi connectivity index (χ2n) is 7.74. The van der Waals surface area contributed by atoms with Gasteiger partial charge in [-0.25, -0.2) is 4.98 Å². The zero-order chi connectivity index (χ0) is 17.3. The number of rotatable bonds is 4. The summed E-state index contributed by atoms with van der Waals surface area (Å²) in [6.07, 6.45) is 4.17. The van der Waals surface area contributed by atoms with Crippen LogP contribution in [0.3, 0.4) is 0 Å². The molecule has 26 heavy (non-hydrogen) atoms. The molecule has 0 amide bonds. The Bertz CT molecular complexity index is 979. The lowest BCUT2D eigenvalue weighted by molar-refractivity contribution is 0.146. The number of thiophene rings is 1. The van der Waals surface area contributed by atoms with E-state index < -0.39 is 0 Å². The Kier molecular flexibility index (Phi) is 3.10. The van der Waals surface area contributed by atoms with Gasteiger partial charge in [0.15, 0.2) is 5.82 Å². The van der Waals surface area contributed by atoms with Gasteiger partial charge in [-0.3, -0.25) is 5.10 Å². The summed E-state index contributed by atoms with van der Waals surface area (Å²) in [6.45, 7) is 0.937. The van der Waals surface area contributed by atoms with E-state index in [0.29, 0.717) is 17.8 Å². The van der Waals surface area contributed by atoms with Crippen molar-refractivity contribution in [3.05, 3.63) is 23.2 Å². The van der Waals surface area contributed by atoms with Gasteiger partial charge in [-0.15, -0.1) is 11.3 Å². The number of aromatic amines is 1. The molecule has 3 atom stereocenters. The van der Waals surface area contributed by atoms with E-state index in [-0.39, 0.29) is 12.1 Å². The van der Waals surface area contributed by atoms with Gasteiger partial charge in [0.25, 0.3) is 0 Å². The number of aliphatic hydroxyl groups excluding tert-OH is 1. The fourth-order valence-corrected chi connectivity index (χ4v) is 5.17. The first-order chi connectivity index (χ1) is 12.7. The highest BCUT2D eigenvalue weighted by Gasteiger charge is 2.45. The third-order valence-corrected chi connectivity index (χ3v) is 6.69. The van der Waals surface area contributed by atoms with E-state index in [2.05, 4.69) is 26.5 Å². The maximum Gasteiger partial charge on any atom is 0.229 e. The Morgan fingerprint density at radius 1 is 1.27 bits per heavy atom. The van der Waals surface area contributed by atoms with Crippen LogP contribution in [0.2, 0.25) is 0 Å². The van der Waals surface area contributed by atoms with Gasteiger partial charge in [-0.05, 0) is 43.0 Å². The van der Waals surface area contributed by atoms with Gasteiger partial charge >= 0.3 is 0 Å². The van der Waals surface area contributed by atoms with E-state index in [1.165, 1.54) is 18.5 Å². The summed E-state index contributed by atoms with van der Waals surface area (Å²) >= 11 is 1.62. The van der Waals surface area contributed by atoms with Crippen molar-refractivity contribution in [3.63, 3.8) is 0 Å². The molecule has 3 aromatic heterocycles. The number of piperidine rings is 1. The molecular formula is C18H20N6OS. The summed E-state index contributed by atoms with van der Waals surface area (Å²) in [5, 5.41) is 24.2. The molecule has 0 spiro atoms. The van der Waals surface area contributed by atoms with Crippen molar-refractivity contribution in [2.24, 2.45) is 5.92 Å². The molecule has 0 radical (unpaired) electrons. The number of hydrogen-bond acceptors (Lipinski definition) is 7. The molecule has 2 aliphatic carbocycles. The fourth-order valence-electron chi connectivity index (χ4n) is 4.41. The molecule has 3 aliphatic rings. The van der Waals surface area contributed by atoms with Crippen LogP contribution in [0.5, 0.6) is 0 Å². The third-order valence-electron chi connectivity index (χ3n) is 5.88. The summed E-state index contributed by atoms with van der Waals surface area (Å²) < 4.78 is 0. The zero-order valence-electron chi connectivity index (χ0n) is 14.2. The van der Waals surface area contributed by atoms with E-state index in [0.717, 1.165) is 41.2 Å².